The van der Waals surface area contributed by atoms with Crippen molar-refractivity contribution in [1.82, 2.24) is 15.1 Å². The second-order valence-electron chi connectivity index (χ2n) is 3.83. The molecule has 0 bridgehead atoms. The van der Waals surface area contributed by atoms with Crippen molar-refractivity contribution in [3.05, 3.63) is 51.2 Å². The van der Waals surface area contributed by atoms with Crippen LogP contribution in [0.2, 0.25) is 5.02 Å². The molecule has 0 unspecified atom stereocenters. The summed E-state index contributed by atoms with van der Waals surface area (Å²) in [4.78, 5) is 0. The molecule has 0 aliphatic heterocycles. The topological polar surface area (TPSA) is 29.9 Å². The number of hydrogen-bond acceptors (Lipinski definition) is 2. The lowest BCUT2D eigenvalue weighted by Gasteiger charge is -2.04. The first-order valence-corrected chi connectivity index (χ1v) is 6.45. The van der Waals surface area contributed by atoms with Crippen LogP contribution in [0.25, 0.3) is 0 Å². The first kappa shape index (κ1) is 12.6. The summed E-state index contributed by atoms with van der Waals surface area (Å²) in [5, 5.41) is 8.37. The van der Waals surface area contributed by atoms with E-state index >= 15 is 0 Å². The summed E-state index contributed by atoms with van der Waals surface area (Å²) in [6.07, 6.45) is 1.94. The first-order chi connectivity index (χ1) is 8.15. The Bertz CT molecular complexity index is 510. The zero-order chi connectivity index (χ0) is 12.3. The first-order valence-electron chi connectivity index (χ1n) is 5.28. The number of halogens is 2. The van der Waals surface area contributed by atoms with Crippen molar-refractivity contribution in [2.75, 3.05) is 0 Å². The van der Waals surface area contributed by atoms with Crippen molar-refractivity contribution in [1.29, 1.82) is 0 Å². The molecular weight excluding hydrogens is 302 g/mol. The molecule has 0 fully saturated rings. The second-order valence-corrected chi connectivity index (χ2v) is 5.09. The Morgan fingerprint density at radius 3 is 2.82 bits per heavy atom. The number of nitrogens with zero attached hydrogens (tertiary/aromatic N) is 2. The SMILES string of the molecule is Cn1ccc(CNCc2ccc(Cl)c(Br)c2)n1. The monoisotopic (exact) mass is 313 g/mol. The van der Waals surface area contributed by atoms with Gasteiger partial charge in [-0.25, -0.2) is 0 Å². The summed E-state index contributed by atoms with van der Waals surface area (Å²) in [7, 11) is 1.92. The predicted octanol–water partition coefficient (Wildman–Crippen LogP) is 3.13. The minimum atomic E-state index is 0.735. The minimum Gasteiger partial charge on any atom is -0.307 e. The molecule has 90 valence electrons. The van der Waals surface area contributed by atoms with Crippen LogP contribution in [0, 0.1) is 0 Å². The fraction of sp³-hybridized carbons (Fsp3) is 0.250. The quantitative estimate of drug-likeness (QED) is 0.939. The van der Waals surface area contributed by atoms with Crippen molar-refractivity contribution in [2.45, 2.75) is 13.1 Å². The van der Waals surface area contributed by atoms with Crippen LogP contribution in [-0.2, 0) is 20.1 Å². The predicted molar refractivity (Wildman–Crippen MR) is 72.9 cm³/mol. The van der Waals surface area contributed by atoms with Gasteiger partial charge in [0.25, 0.3) is 0 Å². The zero-order valence-electron chi connectivity index (χ0n) is 9.45. The highest BCUT2D eigenvalue weighted by atomic mass is 79.9. The van der Waals surface area contributed by atoms with E-state index in [1.807, 2.05) is 37.5 Å². The van der Waals surface area contributed by atoms with Crippen molar-refractivity contribution in [3.63, 3.8) is 0 Å². The van der Waals surface area contributed by atoms with Gasteiger partial charge in [-0.05, 0) is 39.7 Å². The lowest BCUT2D eigenvalue weighted by atomic mass is 10.2. The van der Waals surface area contributed by atoms with E-state index in [-0.39, 0.29) is 0 Å². The van der Waals surface area contributed by atoms with Crippen LogP contribution in [0.3, 0.4) is 0 Å². The molecule has 1 aromatic heterocycles. The Kier molecular flexibility index (Phi) is 4.20. The molecule has 0 spiro atoms. The summed E-state index contributed by atoms with van der Waals surface area (Å²) in [6.45, 7) is 1.56. The summed E-state index contributed by atoms with van der Waals surface area (Å²) in [5.41, 5.74) is 2.23. The van der Waals surface area contributed by atoms with Crippen molar-refractivity contribution in [2.24, 2.45) is 7.05 Å². The van der Waals surface area contributed by atoms with Crippen molar-refractivity contribution >= 4 is 27.5 Å². The van der Waals surface area contributed by atoms with Gasteiger partial charge >= 0.3 is 0 Å². The molecule has 1 aromatic carbocycles. The van der Waals surface area contributed by atoms with Crippen LogP contribution in [0.1, 0.15) is 11.3 Å². The molecule has 0 amide bonds. The van der Waals surface area contributed by atoms with E-state index in [1.165, 1.54) is 5.56 Å². The third kappa shape index (κ3) is 3.56. The maximum atomic E-state index is 5.93. The lowest BCUT2D eigenvalue weighted by Crippen LogP contribution is -2.13. The van der Waals surface area contributed by atoms with Crippen LogP contribution in [0.5, 0.6) is 0 Å². The molecule has 0 aliphatic carbocycles. The van der Waals surface area contributed by atoms with Gasteiger partial charge in [0.15, 0.2) is 0 Å². The van der Waals surface area contributed by atoms with Gasteiger partial charge in [0, 0.05) is 30.8 Å². The van der Waals surface area contributed by atoms with E-state index in [0.717, 1.165) is 28.3 Å². The minimum absolute atomic E-state index is 0.735. The van der Waals surface area contributed by atoms with E-state index in [4.69, 9.17) is 11.6 Å². The zero-order valence-corrected chi connectivity index (χ0v) is 11.8. The third-order valence-corrected chi connectivity index (χ3v) is 3.60. The Labute approximate surface area is 114 Å². The van der Waals surface area contributed by atoms with Crippen LogP contribution in [0.15, 0.2) is 34.9 Å². The number of aromatic nitrogens is 2. The van der Waals surface area contributed by atoms with Gasteiger partial charge in [-0.2, -0.15) is 5.10 Å². The Hall–Kier alpha value is -0.840. The summed E-state index contributed by atoms with van der Waals surface area (Å²) in [6, 6.07) is 7.93. The highest BCUT2D eigenvalue weighted by molar-refractivity contribution is 9.10. The molecule has 0 aliphatic rings. The van der Waals surface area contributed by atoms with Gasteiger partial charge in [-0.3, -0.25) is 4.68 Å². The Morgan fingerprint density at radius 2 is 2.18 bits per heavy atom. The largest absolute Gasteiger partial charge is 0.307 e. The highest BCUT2D eigenvalue weighted by Crippen LogP contribution is 2.23. The molecule has 0 saturated carbocycles. The van der Waals surface area contributed by atoms with E-state index in [1.54, 1.807) is 4.68 Å². The van der Waals surface area contributed by atoms with E-state index < -0.39 is 0 Å². The van der Waals surface area contributed by atoms with Crippen molar-refractivity contribution in [3.8, 4) is 0 Å². The Morgan fingerprint density at radius 1 is 1.35 bits per heavy atom. The number of nitrogens with one attached hydrogen (secondary N) is 1. The molecular formula is C12H13BrClN3. The summed E-state index contributed by atoms with van der Waals surface area (Å²) in [5.74, 6) is 0. The normalized spacial score (nSPS) is 10.8. The van der Waals surface area contributed by atoms with Gasteiger partial charge in [-0.15, -0.1) is 0 Å². The van der Waals surface area contributed by atoms with Gasteiger partial charge in [0.1, 0.15) is 0 Å². The van der Waals surface area contributed by atoms with Crippen LogP contribution < -0.4 is 5.32 Å². The summed E-state index contributed by atoms with van der Waals surface area (Å²) < 4.78 is 2.73. The van der Waals surface area contributed by atoms with Crippen LogP contribution in [0.4, 0.5) is 0 Å². The van der Waals surface area contributed by atoms with E-state index in [0.29, 0.717) is 0 Å². The van der Waals surface area contributed by atoms with Crippen molar-refractivity contribution < 1.29 is 0 Å². The molecule has 0 atom stereocenters. The van der Waals surface area contributed by atoms with Gasteiger partial charge in [0.2, 0.25) is 0 Å². The number of benzene rings is 1. The fourth-order valence-electron chi connectivity index (χ4n) is 1.54. The van der Waals surface area contributed by atoms with E-state index in [2.05, 4.69) is 26.3 Å². The number of hydrogen-bond donors (Lipinski definition) is 1. The molecule has 17 heavy (non-hydrogen) atoms. The maximum Gasteiger partial charge on any atom is 0.0762 e. The average Bonchev–Trinajstić information content (AvgIpc) is 2.70. The van der Waals surface area contributed by atoms with Gasteiger partial charge in [-0.1, -0.05) is 17.7 Å². The molecule has 3 nitrogen and oxygen atoms in total. The molecule has 1 heterocycles. The molecule has 2 rings (SSSR count). The highest BCUT2D eigenvalue weighted by Gasteiger charge is 2.00. The fourth-order valence-corrected chi connectivity index (χ4v) is 2.09. The number of aryl methyl sites for hydroxylation is 1. The molecule has 1 N–H and O–H groups in total. The van der Waals surface area contributed by atoms with Crippen LogP contribution in [-0.4, -0.2) is 9.78 Å². The average molecular weight is 315 g/mol. The van der Waals surface area contributed by atoms with E-state index in [9.17, 15) is 0 Å². The smallest absolute Gasteiger partial charge is 0.0762 e. The third-order valence-electron chi connectivity index (χ3n) is 2.39. The molecule has 0 radical (unpaired) electrons. The van der Waals surface area contributed by atoms with Gasteiger partial charge in [0.05, 0.1) is 10.7 Å². The maximum absolute atomic E-state index is 5.93. The van der Waals surface area contributed by atoms with Gasteiger partial charge < -0.3 is 5.32 Å². The Balaban J connectivity index is 1.87. The second kappa shape index (κ2) is 5.67. The van der Waals surface area contributed by atoms with Crippen LogP contribution >= 0.6 is 27.5 Å². The standard InChI is InChI=1S/C12H13BrClN3/c1-17-5-4-10(16-17)8-15-7-9-2-3-12(14)11(13)6-9/h2-6,15H,7-8H2,1H3. The lowest BCUT2D eigenvalue weighted by molar-refractivity contribution is 0.656. The molecule has 2 aromatic rings. The molecule has 0 saturated heterocycles. The summed E-state index contributed by atoms with van der Waals surface area (Å²) >= 11 is 9.34. The molecule has 5 heteroatoms. The number of rotatable bonds is 4.